The maximum atomic E-state index is 13.7. The van der Waals surface area contributed by atoms with Crippen molar-refractivity contribution in [3.63, 3.8) is 0 Å². The Balaban J connectivity index is 1.14. The van der Waals surface area contributed by atoms with E-state index in [4.69, 9.17) is 0 Å². The molecule has 0 unspecified atom stereocenters. The first-order valence-corrected chi connectivity index (χ1v) is 18.1. The largest absolute Gasteiger partial charge is 0.361 e. The van der Waals surface area contributed by atoms with Crippen LogP contribution >= 0.6 is 0 Å². The third-order valence-corrected chi connectivity index (χ3v) is 11.8. The molecular weight excluding hydrogens is 593 g/mol. The van der Waals surface area contributed by atoms with Crippen LogP contribution in [0.1, 0.15) is 74.1 Å². The van der Waals surface area contributed by atoms with Gasteiger partial charge >= 0.3 is 0 Å². The van der Waals surface area contributed by atoms with E-state index in [9.17, 15) is 13.7 Å². The fourth-order valence-electron chi connectivity index (χ4n) is 6.91. The van der Waals surface area contributed by atoms with E-state index >= 15 is 0 Å². The van der Waals surface area contributed by atoms with E-state index in [1.165, 1.54) is 32.1 Å². The number of sulfonamides is 1. The summed E-state index contributed by atoms with van der Waals surface area (Å²) < 4.78 is 29.1. The van der Waals surface area contributed by atoms with Crippen LogP contribution in [-0.4, -0.2) is 59.8 Å². The fraction of sp³-hybridized carbons (Fsp3) is 0.405. The number of hydrogen-bond acceptors (Lipinski definition) is 6. The lowest BCUT2D eigenvalue weighted by Crippen LogP contribution is -2.47. The van der Waals surface area contributed by atoms with Gasteiger partial charge in [-0.1, -0.05) is 50.5 Å². The minimum absolute atomic E-state index is 0.304. The fourth-order valence-corrected chi connectivity index (χ4v) is 8.43. The van der Waals surface area contributed by atoms with Gasteiger partial charge in [-0.15, -0.1) is 0 Å². The molecule has 2 N–H and O–H groups in total. The van der Waals surface area contributed by atoms with E-state index in [0.717, 1.165) is 65.1 Å². The number of hydrogen-bond donors (Lipinski definition) is 2. The van der Waals surface area contributed by atoms with Crippen LogP contribution in [0.15, 0.2) is 66.0 Å². The molecule has 0 amide bonds. The smallest absolute Gasteiger partial charge is 0.243 e. The predicted molar refractivity (Wildman–Crippen MR) is 186 cm³/mol. The summed E-state index contributed by atoms with van der Waals surface area (Å²) in [4.78, 5) is 10.4. The lowest BCUT2D eigenvalue weighted by Gasteiger charge is -2.38. The molecule has 3 heterocycles. The summed E-state index contributed by atoms with van der Waals surface area (Å²) in [5.41, 5.74) is 5.60. The molecule has 0 bridgehead atoms. The number of benzene rings is 2. The van der Waals surface area contributed by atoms with E-state index in [-0.39, 0.29) is 0 Å². The molecule has 0 radical (unpaired) electrons. The zero-order valence-electron chi connectivity index (χ0n) is 26.9. The predicted octanol–water partition coefficient (Wildman–Crippen LogP) is 7.71. The van der Waals surface area contributed by atoms with Crippen molar-refractivity contribution in [3.8, 4) is 6.07 Å². The third kappa shape index (κ3) is 6.90. The van der Waals surface area contributed by atoms with Crippen LogP contribution in [-0.2, 0) is 10.0 Å². The number of nitrogens with one attached hydrogen (secondary N) is 2. The van der Waals surface area contributed by atoms with Gasteiger partial charge < -0.3 is 15.2 Å². The molecule has 1 aliphatic carbocycles. The first kappa shape index (κ1) is 32.0. The maximum absolute atomic E-state index is 13.7. The van der Waals surface area contributed by atoms with Crippen LogP contribution in [0.4, 0.5) is 11.4 Å². The molecule has 2 fully saturated rings. The lowest BCUT2D eigenvalue weighted by atomic mass is 9.82. The molecule has 9 heteroatoms. The van der Waals surface area contributed by atoms with Crippen LogP contribution in [0.3, 0.4) is 0 Å². The topological polar surface area (TPSA) is 105 Å². The van der Waals surface area contributed by atoms with Crippen LogP contribution in [0, 0.1) is 24.2 Å². The maximum Gasteiger partial charge on any atom is 0.243 e. The Morgan fingerprint density at radius 3 is 2.67 bits per heavy atom. The third-order valence-electron chi connectivity index (χ3n) is 9.94. The van der Waals surface area contributed by atoms with Gasteiger partial charge in [-0.25, -0.2) is 8.42 Å². The monoisotopic (exact) mass is 636 g/mol. The molecule has 4 aromatic rings. The van der Waals surface area contributed by atoms with Gasteiger partial charge in [0.05, 0.1) is 16.1 Å². The van der Waals surface area contributed by atoms with Gasteiger partial charge in [0, 0.05) is 59.9 Å². The lowest BCUT2D eigenvalue weighted by molar-refractivity contribution is 0.138. The van der Waals surface area contributed by atoms with Crippen molar-refractivity contribution in [3.05, 3.63) is 83.3 Å². The van der Waals surface area contributed by atoms with Crippen molar-refractivity contribution >= 4 is 44.5 Å². The summed E-state index contributed by atoms with van der Waals surface area (Å²) in [6.07, 6.45) is 17.4. The summed E-state index contributed by atoms with van der Waals surface area (Å²) in [6, 6.07) is 15.8. The van der Waals surface area contributed by atoms with Gasteiger partial charge in [-0.05, 0) is 93.1 Å². The molecular formula is C37H44N6O2S. The molecule has 0 atom stereocenters. The minimum atomic E-state index is -3.61. The molecule has 1 saturated heterocycles. The molecule has 8 nitrogen and oxygen atoms in total. The van der Waals surface area contributed by atoms with Crippen LogP contribution < -0.4 is 5.32 Å². The van der Waals surface area contributed by atoms with Gasteiger partial charge in [0.1, 0.15) is 6.07 Å². The first-order chi connectivity index (χ1) is 22.4. The Labute approximate surface area is 273 Å². The average Bonchev–Trinajstić information content (AvgIpc) is 3.55. The number of aromatic amines is 1. The SMILES string of the molecule is CCN(CCCC1CCC1)C1CCN(S(=O)(=O)c2cccc(/C=C/c3cncc(C#N)c3Nc3ccc4[nH]ccc4c3C)c2)CC1. The van der Waals surface area contributed by atoms with Crippen molar-refractivity contribution < 1.29 is 8.42 Å². The molecule has 2 aromatic carbocycles. The van der Waals surface area contributed by atoms with Crippen LogP contribution in [0.25, 0.3) is 23.1 Å². The number of pyridine rings is 1. The summed E-state index contributed by atoms with van der Waals surface area (Å²) in [6.45, 7) is 7.49. The average molecular weight is 637 g/mol. The molecule has 0 spiro atoms. The number of piperidine rings is 1. The first-order valence-electron chi connectivity index (χ1n) is 16.6. The van der Waals surface area contributed by atoms with E-state index in [1.807, 2.05) is 49.5 Å². The van der Waals surface area contributed by atoms with E-state index < -0.39 is 10.0 Å². The highest BCUT2D eigenvalue weighted by Gasteiger charge is 2.31. The Bertz CT molecular complexity index is 1850. The van der Waals surface area contributed by atoms with E-state index in [0.29, 0.717) is 35.3 Å². The summed E-state index contributed by atoms with van der Waals surface area (Å²) in [5, 5.41) is 14.4. The van der Waals surface area contributed by atoms with Gasteiger partial charge in [0.25, 0.3) is 0 Å². The zero-order valence-corrected chi connectivity index (χ0v) is 27.7. The van der Waals surface area contributed by atoms with Crippen molar-refractivity contribution in [2.24, 2.45) is 5.92 Å². The van der Waals surface area contributed by atoms with Crippen molar-refractivity contribution in [2.75, 3.05) is 31.5 Å². The number of anilines is 2. The molecule has 1 aliphatic heterocycles. The van der Waals surface area contributed by atoms with Gasteiger partial charge in [-0.3, -0.25) is 4.98 Å². The number of rotatable bonds is 12. The van der Waals surface area contributed by atoms with Crippen LogP contribution in [0.2, 0.25) is 0 Å². The van der Waals surface area contributed by atoms with Crippen molar-refractivity contribution in [1.29, 1.82) is 5.26 Å². The summed E-state index contributed by atoms with van der Waals surface area (Å²) in [5.74, 6) is 0.935. The van der Waals surface area contributed by atoms with Gasteiger partial charge in [-0.2, -0.15) is 9.57 Å². The van der Waals surface area contributed by atoms with Crippen molar-refractivity contribution in [1.82, 2.24) is 19.2 Å². The Kier molecular flexibility index (Phi) is 9.88. The van der Waals surface area contributed by atoms with Crippen LogP contribution in [0.5, 0.6) is 0 Å². The minimum Gasteiger partial charge on any atom is -0.361 e. The highest BCUT2D eigenvalue weighted by Crippen LogP contribution is 2.32. The Hall–Kier alpha value is -3.97. The second-order valence-corrected chi connectivity index (χ2v) is 14.6. The molecule has 6 rings (SSSR count). The summed E-state index contributed by atoms with van der Waals surface area (Å²) in [7, 11) is -3.61. The molecule has 2 aliphatic rings. The number of H-pyrrole nitrogens is 1. The number of nitrogens with zero attached hydrogens (tertiary/aromatic N) is 4. The Morgan fingerprint density at radius 2 is 1.93 bits per heavy atom. The van der Waals surface area contributed by atoms with E-state index in [1.54, 1.807) is 34.9 Å². The second kappa shape index (κ2) is 14.2. The number of aryl methyl sites for hydroxylation is 1. The van der Waals surface area contributed by atoms with Gasteiger partial charge in [0.2, 0.25) is 10.0 Å². The number of nitriles is 1. The van der Waals surface area contributed by atoms with E-state index in [2.05, 4.69) is 33.2 Å². The highest BCUT2D eigenvalue weighted by atomic mass is 32.2. The standard InChI is InChI=1S/C37H44N6O2S/c1-3-42(20-6-10-28-7-4-8-28)32-17-21-43(22-18-32)46(44,45)33-11-5-9-29(23-33)12-13-30-25-39-26-31(24-38)37(30)41-35-14-15-36-34(27(35)2)16-19-40-36/h5,9,11-16,19,23,25-26,28,32,40H,3-4,6-8,10,17-18,20-22H2,1-2H3,(H,39,41)/b13-12+. The highest BCUT2D eigenvalue weighted by molar-refractivity contribution is 7.89. The van der Waals surface area contributed by atoms with Crippen molar-refractivity contribution in [2.45, 2.75) is 69.7 Å². The molecule has 1 saturated carbocycles. The molecule has 240 valence electrons. The normalized spacial score (nSPS) is 16.7. The Morgan fingerprint density at radius 1 is 1.11 bits per heavy atom. The molecule has 2 aromatic heterocycles. The van der Waals surface area contributed by atoms with Gasteiger partial charge in [0.15, 0.2) is 0 Å². The quantitative estimate of drug-likeness (QED) is 0.165. The molecule has 46 heavy (non-hydrogen) atoms. The summed E-state index contributed by atoms with van der Waals surface area (Å²) >= 11 is 0. The number of aromatic nitrogens is 2. The zero-order chi connectivity index (χ0) is 32.1. The number of fused-ring (bicyclic) bond motifs is 1. The second-order valence-electron chi connectivity index (χ2n) is 12.7.